The number of carbonyl (C=O) groups excluding carboxylic acids is 1. The summed E-state index contributed by atoms with van der Waals surface area (Å²) in [6.45, 7) is 2.75. The third kappa shape index (κ3) is 5.10. The van der Waals surface area contributed by atoms with E-state index in [1.807, 2.05) is 42.5 Å². The zero-order valence-corrected chi connectivity index (χ0v) is 13.5. The summed E-state index contributed by atoms with van der Waals surface area (Å²) >= 11 is 7.52. The van der Waals surface area contributed by atoms with Gasteiger partial charge in [-0.05, 0) is 23.6 Å². The molecule has 0 saturated heterocycles. The van der Waals surface area contributed by atoms with E-state index in [-0.39, 0.29) is 5.91 Å². The van der Waals surface area contributed by atoms with Crippen LogP contribution in [0.5, 0.6) is 0 Å². The number of halogens is 1. The Morgan fingerprint density at radius 3 is 2.52 bits per heavy atom. The van der Waals surface area contributed by atoms with Crippen molar-refractivity contribution in [2.24, 2.45) is 0 Å². The van der Waals surface area contributed by atoms with E-state index in [0.29, 0.717) is 23.2 Å². The Kier molecular flexibility index (Phi) is 6.15. The van der Waals surface area contributed by atoms with E-state index in [1.54, 1.807) is 0 Å². The van der Waals surface area contributed by atoms with Crippen LogP contribution in [-0.4, -0.2) is 18.2 Å². The van der Waals surface area contributed by atoms with Gasteiger partial charge in [0.15, 0.2) is 0 Å². The largest absolute Gasteiger partial charge is 0.355 e. The van der Waals surface area contributed by atoms with Gasteiger partial charge in [0, 0.05) is 11.4 Å². The van der Waals surface area contributed by atoms with Crippen molar-refractivity contribution in [3.8, 4) is 0 Å². The molecule has 1 amide bonds. The van der Waals surface area contributed by atoms with Crippen molar-refractivity contribution in [1.82, 2.24) is 5.32 Å². The van der Waals surface area contributed by atoms with Gasteiger partial charge in [0.05, 0.1) is 10.8 Å². The molecule has 2 aromatic rings. The molecule has 0 heterocycles. The maximum Gasteiger partial charge on any atom is 0.230 e. The quantitative estimate of drug-likeness (QED) is 0.802. The standard InChI is InChI=1S/C17H18ClNOS/c1-13(14-7-3-2-4-8-14)11-19-17(20)12-21-16-10-6-5-9-15(16)18/h2-10,13H,11-12H2,1H3,(H,19,20). The van der Waals surface area contributed by atoms with Gasteiger partial charge < -0.3 is 5.32 Å². The lowest BCUT2D eigenvalue weighted by Crippen LogP contribution is -2.28. The topological polar surface area (TPSA) is 29.1 Å². The van der Waals surface area contributed by atoms with Crippen molar-refractivity contribution in [1.29, 1.82) is 0 Å². The molecule has 0 bridgehead atoms. The Bertz CT molecular complexity index is 588. The summed E-state index contributed by atoms with van der Waals surface area (Å²) in [6, 6.07) is 17.7. The lowest BCUT2D eigenvalue weighted by Gasteiger charge is -2.13. The first-order chi connectivity index (χ1) is 10.2. The Morgan fingerprint density at radius 1 is 1.14 bits per heavy atom. The minimum atomic E-state index is 0.0303. The number of nitrogens with one attached hydrogen (secondary N) is 1. The van der Waals surface area contributed by atoms with E-state index in [1.165, 1.54) is 17.3 Å². The molecule has 4 heteroatoms. The Balaban J connectivity index is 1.76. The second kappa shape index (κ2) is 8.11. The highest BCUT2D eigenvalue weighted by molar-refractivity contribution is 8.00. The maximum absolute atomic E-state index is 11.9. The number of rotatable bonds is 6. The van der Waals surface area contributed by atoms with E-state index < -0.39 is 0 Å². The fourth-order valence-electron chi connectivity index (χ4n) is 1.92. The summed E-state index contributed by atoms with van der Waals surface area (Å²) in [7, 11) is 0. The van der Waals surface area contributed by atoms with Crippen LogP contribution in [0.1, 0.15) is 18.4 Å². The molecule has 2 nitrogen and oxygen atoms in total. The molecule has 0 aliphatic carbocycles. The van der Waals surface area contributed by atoms with Crippen molar-refractivity contribution in [2.45, 2.75) is 17.7 Å². The first-order valence-electron chi connectivity index (χ1n) is 6.86. The maximum atomic E-state index is 11.9. The summed E-state index contributed by atoms with van der Waals surface area (Å²) in [5, 5.41) is 3.66. The molecule has 0 radical (unpaired) electrons. The number of thioether (sulfide) groups is 1. The van der Waals surface area contributed by atoms with Crippen molar-refractivity contribution in [2.75, 3.05) is 12.3 Å². The number of amides is 1. The lowest BCUT2D eigenvalue weighted by atomic mass is 10.0. The third-order valence-corrected chi connectivity index (χ3v) is 4.68. The summed E-state index contributed by atoms with van der Waals surface area (Å²) in [4.78, 5) is 12.8. The zero-order chi connectivity index (χ0) is 15.1. The molecule has 1 N–H and O–H groups in total. The van der Waals surface area contributed by atoms with Crippen LogP contribution < -0.4 is 5.32 Å². The van der Waals surface area contributed by atoms with Crippen LogP contribution in [0.15, 0.2) is 59.5 Å². The van der Waals surface area contributed by atoms with Crippen LogP contribution in [0.4, 0.5) is 0 Å². The van der Waals surface area contributed by atoms with Crippen LogP contribution in [0.2, 0.25) is 5.02 Å². The fraction of sp³-hybridized carbons (Fsp3) is 0.235. The van der Waals surface area contributed by atoms with E-state index in [2.05, 4.69) is 24.4 Å². The monoisotopic (exact) mass is 319 g/mol. The zero-order valence-electron chi connectivity index (χ0n) is 11.9. The molecule has 0 fully saturated rings. The number of hydrogen-bond donors (Lipinski definition) is 1. The van der Waals surface area contributed by atoms with Crippen molar-refractivity contribution in [3.63, 3.8) is 0 Å². The second-order valence-electron chi connectivity index (χ2n) is 4.83. The summed E-state index contributed by atoms with van der Waals surface area (Å²) in [6.07, 6.45) is 0. The van der Waals surface area contributed by atoms with Gasteiger partial charge in [0.1, 0.15) is 0 Å². The van der Waals surface area contributed by atoms with Crippen LogP contribution in [0.3, 0.4) is 0 Å². The SMILES string of the molecule is CC(CNC(=O)CSc1ccccc1Cl)c1ccccc1. The highest BCUT2D eigenvalue weighted by Gasteiger charge is 2.08. The van der Waals surface area contributed by atoms with Crippen molar-refractivity contribution in [3.05, 3.63) is 65.2 Å². The molecule has 1 atom stereocenters. The van der Waals surface area contributed by atoms with Gasteiger partial charge in [-0.3, -0.25) is 4.79 Å². The summed E-state index contributed by atoms with van der Waals surface area (Å²) in [5.74, 6) is 0.716. The Labute approximate surface area is 134 Å². The minimum absolute atomic E-state index is 0.0303. The first-order valence-corrected chi connectivity index (χ1v) is 8.22. The van der Waals surface area contributed by atoms with E-state index >= 15 is 0 Å². The third-order valence-electron chi connectivity index (χ3n) is 3.17. The molecule has 2 aromatic carbocycles. The Morgan fingerprint density at radius 2 is 1.81 bits per heavy atom. The molecule has 21 heavy (non-hydrogen) atoms. The smallest absolute Gasteiger partial charge is 0.230 e. The van der Waals surface area contributed by atoms with Crippen molar-refractivity contribution < 1.29 is 4.79 Å². The lowest BCUT2D eigenvalue weighted by molar-refractivity contribution is -0.118. The fourth-order valence-corrected chi connectivity index (χ4v) is 2.99. The number of carbonyl (C=O) groups is 1. The summed E-state index contributed by atoms with van der Waals surface area (Å²) in [5.41, 5.74) is 1.23. The highest BCUT2D eigenvalue weighted by Crippen LogP contribution is 2.26. The van der Waals surface area contributed by atoms with Gasteiger partial charge in [-0.2, -0.15) is 0 Å². The molecule has 2 rings (SSSR count). The molecule has 1 unspecified atom stereocenters. The summed E-state index contributed by atoms with van der Waals surface area (Å²) < 4.78 is 0. The normalized spacial score (nSPS) is 11.9. The van der Waals surface area contributed by atoms with Crippen LogP contribution in [0, 0.1) is 0 Å². The average molecular weight is 320 g/mol. The molecule has 0 spiro atoms. The minimum Gasteiger partial charge on any atom is -0.355 e. The van der Waals surface area contributed by atoms with E-state index in [4.69, 9.17) is 11.6 Å². The molecular formula is C17H18ClNOS. The predicted molar refractivity (Wildman–Crippen MR) is 90.0 cm³/mol. The molecule has 0 aromatic heterocycles. The van der Waals surface area contributed by atoms with Gasteiger partial charge in [-0.1, -0.05) is 61.0 Å². The van der Waals surface area contributed by atoms with E-state index in [0.717, 1.165) is 4.90 Å². The van der Waals surface area contributed by atoms with Crippen LogP contribution in [-0.2, 0) is 4.79 Å². The molecule has 0 aliphatic heterocycles. The van der Waals surface area contributed by atoms with E-state index in [9.17, 15) is 4.79 Å². The highest BCUT2D eigenvalue weighted by atomic mass is 35.5. The van der Waals surface area contributed by atoms with Gasteiger partial charge in [-0.25, -0.2) is 0 Å². The molecule has 110 valence electrons. The second-order valence-corrected chi connectivity index (χ2v) is 6.26. The number of hydrogen-bond acceptors (Lipinski definition) is 2. The molecule has 0 aliphatic rings. The molecule has 0 saturated carbocycles. The van der Waals surface area contributed by atoms with Gasteiger partial charge >= 0.3 is 0 Å². The first kappa shape index (κ1) is 15.9. The Hall–Kier alpha value is -1.45. The van der Waals surface area contributed by atoms with Gasteiger partial charge in [0.25, 0.3) is 0 Å². The van der Waals surface area contributed by atoms with Gasteiger partial charge in [-0.15, -0.1) is 11.8 Å². The van der Waals surface area contributed by atoms with Gasteiger partial charge in [0.2, 0.25) is 5.91 Å². The molecular weight excluding hydrogens is 302 g/mol. The van der Waals surface area contributed by atoms with Crippen LogP contribution in [0.25, 0.3) is 0 Å². The number of benzene rings is 2. The van der Waals surface area contributed by atoms with Crippen LogP contribution >= 0.6 is 23.4 Å². The van der Waals surface area contributed by atoms with Crippen molar-refractivity contribution >= 4 is 29.3 Å². The predicted octanol–water partition coefficient (Wildman–Crippen LogP) is 4.35. The average Bonchev–Trinajstić information content (AvgIpc) is 2.52.